The molecular formula is C22H35N7O9. The van der Waals surface area contributed by atoms with Crippen LogP contribution >= 0.6 is 0 Å². The van der Waals surface area contributed by atoms with E-state index in [2.05, 4.69) is 20.3 Å². The van der Waals surface area contributed by atoms with Gasteiger partial charge in [0.2, 0.25) is 5.91 Å². The van der Waals surface area contributed by atoms with Crippen LogP contribution in [0.2, 0.25) is 0 Å². The number of hydrogen-bond acceptors (Lipinski definition) is 10. The minimum absolute atomic E-state index is 0.0315. The van der Waals surface area contributed by atoms with Gasteiger partial charge >= 0.3 is 17.8 Å². The van der Waals surface area contributed by atoms with Crippen molar-refractivity contribution in [2.24, 2.45) is 5.11 Å². The Morgan fingerprint density at radius 1 is 1.13 bits per heavy atom. The number of rotatable bonds is 16. The highest BCUT2D eigenvalue weighted by atomic mass is 16.6. The molecule has 0 bridgehead atoms. The number of aromatic nitrogens is 2. The Morgan fingerprint density at radius 3 is 2.45 bits per heavy atom. The SMILES string of the molecule is Cc1cn(CC(=O)N(CCNC(=O)OC(C)(C)C)CC(=O)OCCOCCOCCN=[N+]=[N-])c(=O)[nH]c1=O. The number of amides is 2. The number of aromatic amines is 1. The van der Waals surface area contributed by atoms with Crippen molar-refractivity contribution in [3.63, 3.8) is 0 Å². The summed E-state index contributed by atoms with van der Waals surface area (Å²) in [5.74, 6) is -1.34. The molecule has 2 N–H and O–H groups in total. The number of carbonyl (C=O) groups excluding carboxylic acids is 3. The second-order valence-corrected chi connectivity index (χ2v) is 8.84. The van der Waals surface area contributed by atoms with Crippen molar-refractivity contribution in [3.05, 3.63) is 43.0 Å². The molecule has 0 aromatic carbocycles. The summed E-state index contributed by atoms with van der Waals surface area (Å²) in [6.07, 6.45) is 0.547. The molecule has 0 radical (unpaired) electrons. The highest BCUT2D eigenvalue weighted by Crippen LogP contribution is 2.06. The molecule has 0 saturated heterocycles. The van der Waals surface area contributed by atoms with E-state index in [9.17, 15) is 24.0 Å². The van der Waals surface area contributed by atoms with Gasteiger partial charge in [-0.3, -0.25) is 23.9 Å². The predicted octanol–water partition coefficient (Wildman–Crippen LogP) is 0.0850. The second kappa shape index (κ2) is 16.8. The maximum Gasteiger partial charge on any atom is 0.407 e. The van der Waals surface area contributed by atoms with Gasteiger partial charge in [-0.25, -0.2) is 9.59 Å². The second-order valence-electron chi connectivity index (χ2n) is 8.84. The molecule has 1 aromatic heterocycles. The van der Waals surface area contributed by atoms with Gasteiger partial charge in [-0.15, -0.1) is 0 Å². The minimum Gasteiger partial charge on any atom is -0.462 e. The fourth-order valence-corrected chi connectivity index (χ4v) is 2.77. The molecule has 38 heavy (non-hydrogen) atoms. The third-order valence-corrected chi connectivity index (χ3v) is 4.48. The maximum atomic E-state index is 12.9. The van der Waals surface area contributed by atoms with E-state index in [1.165, 1.54) is 13.1 Å². The lowest BCUT2D eigenvalue weighted by Gasteiger charge is -2.23. The van der Waals surface area contributed by atoms with Gasteiger partial charge in [-0.1, -0.05) is 5.11 Å². The van der Waals surface area contributed by atoms with E-state index >= 15 is 0 Å². The average Bonchev–Trinajstić information content (AvgIpc) is 2.81. The van der Waals surface area contributed by atoms with Gasteiger partial charge in [0.1, 0.15) is 25.3 Å². The number of H-pyrrole nitrogens is 1. The molecule has 1 heterocycles. The van der Waals surface area contributed by atoms with Crippen molar-refractivity contribution in [3.8, 4) is 0 Å². The molecule has 0 aliphatic heterocycles. The van der Waals surface area contributed by atoms with Crippen molar-refractivity contribution < 1.29 is 33.3 Å². The summed E-state index contributed by atoms with van der Waals surface area (Å²) in [7, 11) is 0. The molecule has 16 heteroatoms. The third kappa shape index (κ3) is 14.0. The quantitative estimate of drug-likeness (QED) is 0.0953. The van der Waals surface area contributed by atoms with Crippen LogP contribution in [-0.4, -0.2) is 97.2 Å². The largest absolute Gasteiger partial charge is 0.462 e. The number of esters is 1. The number of azide groups is 1. The fourth-order valence-electron chi connectivity index (χ4n) is 2.77. The Hall–Kier alpha value is -3.88. The molecule has 0 unspecified atom stereocenters. The van der Waals surface area contributed by atoms with Gasteiger partial charge in [0, 0.05) is 36.3 Å². The summed E-state index contributed by atoms with van der Waals surface area (Å²) in [4.78, 5) is 66.6. The van der Waals surface area contributed by atoms with Crippen LogP contribution in [0.15, 0.2) is 20.9 Å². The fraction of sp³-hybridized carbons (Fsp3) is 0.682. The van der Waals surface area contributed by atoms with Crippen molar-refractivity contribution in [1.29, 1.82) is 0 Å². The normalized spacial score (nSPS) is 10.8. The van der Waals surface area contributed by atoms with Gasteiger partial charge in [0.25, 0.3) is 5.56 Å². The smallest absolute Gasteiger partial charge is 0.407 e. The molecule has 212 valence electrons. The van der Waals surface area contributed by atoms with Crippen molar-refractivity contribution in [1.82, 2.24) is 19.8 Å². The first-order valence-corrected chi connectivity index (χ1v) is 11.8. The first kappa shape index (κ1) is 32.1. The van der Waals surface area contributed by atoms with Crippen LogP contribution in [0.1, 0.15) is 26.3 Å². The molecule has 0 atom stereocenters. The molecule has 0 spiro atoms. The molecule has 0 saturated carbocycles. The molecule has 2 amide bonds. The number of nitrogens with zero attached hydrogens (tertiary/aromatic N) is 5. The molecule has 1 aromatic rings. The van der Waals surface area contributed by atoms with E-state index in [1.807, 2.05) is 0 Å². The Labute approximate surface area is 218 Å². The van der Waals surface area contributed by atoms with Gasteiger partial charge in [0.15, 0.2) is 0 Å². The lowest BCUT2D eigenvalue weighted by Crippen LogP contribution is -2.45. The van der Waals surface area contributed by atoms with Crippen molar-refractivity contribution in [2.75, 3.05) is 59.2 Å². The summed E-state index contributed by atoms with van der Waals surface area (Å²) < 4.78 is 21.7. The number of hydrogen-bond donors (Lipinski definition) is 2. The molecular weight excluding hydrogens is 506 g/mol. The summed E-state index contributed by atoms with van der Waals surface area (Å²) in [5, 5.41) is 5.82. The first-order valence-electron chi connectivity index (χ1n) is 11.8. The Bertz CT molecular complexity index is 1090. The lowest BCUT2D eigenvalue weighted by atomic mass is 10.2. The van der Waals surface area contributed by atoms with E-state index in [-0.39, 0.29) is 58.2 Å². The van der Waals surface area contributed by atoms with E-state index in [4.69, 9.17) is 24.5 Å². The predicted molar refractivity (Wildman–Crippen MR) is 133 cm³/mol. The van der Waals surface area contributed by atoms with Gasteiger partial charge < -0.3 is 29.2 Å². The average molecular weight is 542 g/mol. The van der Waals surface area contributed by atoms with Crippen molar-refractivity contribution in [2.45, 2.75) is 39.8 Å². The topological polar surface area (TPSA) is 207 Å². The highest BCUT2D eigenvalue weighted by molar-refractivity contribution is 5.82. The third-order valence-electron chi connectivity index (χ3n) is 4.48. The van der Waals surface area contributed by atoms with E-state index in [0.29, 0.717) is 0 Å². The zero-order valence-electron chi connectivity index (χ0n) is 22.1. The van der Waals surface area contributed by atoms with E-state index < -0.39 is 47.9 Å². The molecule has 0 aliphatic rings. The number of ether oxygens (including phenoxy) is 4. The molecule has 16 nitrogen and oxygen atoms in total. The summed E-state index contributed by atoms with van der Waals surface area (Å²) >= 11 is 0. The van der Waals surface area contributed by atoms with Crippen LogP contribution in [0.25, 0.3) is 10.4 Å². The Kier molecular flexibility index (Phi) is 14.2. The lowest BCUT2D eigenvalue weighted by molar-refractivity contribution is -0.150. The van der Waals surface area contributed by atoms with E-state index in [1.54, 1.807) is 20.8 Å². The monoisotopic (exact) mass is 541 g/mol. The highest BCUT2D eigenvalue weighted by Gasteiger charge is 2.21. The van der Waals surface area contributed by atoms with Gasteiger partial charge in [0.05, 0.1) is 26.4 Å². The van der Waals surface area contributed by atoms with Crippen LogP contribution in [-0.2, 0) is 35.1 Å². The summed E-state index contributed by atoms with van der Waals surface area (Å²) in [6, 6.07) is 0. The Morgan fingerprint density at radius 2 is 1.79 bits per heavy atom. The number of nitrogens with one attached hydrogen (secondary N) is 2. The van der Waals surface area contributed by atoms with Gasteiger partial charge in [-0.2, -0.15) is 0 Å². The summed E-state index contributed by atoms with van der Waals surface area (Å²) in [6.45, 7) is 6.58. The molecule has 1 rings (SSSR count). The van der Waals surface area contributed by atoms with Crippen LogP contribution in [0, 0.1) is 6.92 Å². The number of carbonyl (C=O) groups is 3. The first-order chi connectivity index (χ1) is 17.9. The zero-order valence-corrected chi connectivity index (χ0v) is 22.1. The van der Waals surface area contributed by atoms with Crippen LogP contribution in [0.5, 0.6) is 0 Å². The van der Waals surface area contributed by atoms with Crippen LogP contribution < -0.4 is 16.6 Å². The maximum absolute atomic E-state index is 12.9. The number of aryl methyl sites for hydroxylation is 1. The van der Waals surface area contributed by atoms with Gasteiger partial charge in [-0.05, 0) is 33.2 Å². The summed E-state index contributed by atoms with van der Waals surface area (Å²) in [5.41, 5.74) is 6.34. The van der Waals surface area contributed by atoms with E-state index in [0.717, 1.165) is 9.47 Å². The number of alkyl carbamates (subject to hydrolysis) is 1. The Balaban J connectivity index is 2.62. The van der Waals surface area contributed by atoms with Crippen LogP contribution in [0.4, 0.5) is 4.79 Å². The van der Waals surface area contributed by atoms with Crippen LogP contribution in [0.3, 0.4) is 0 Å². The molecule has 0 fully saturated rings. The standard InChI is InChI=1S/C22H35N7O9/c1-16-13-29(20(33)26-19(16)32)14-17(30)28(7-5-24-21(34)38-22(2,3)4)15-18(31)37-12-11-36-10-9-35-8-6-25-27-23/h13H,5-12,14-15H2,1-4H3,(H,24,34)(H,26,32,33). The minimum atomic E-state index is -0.776. The zero-order chi connectivity index (χ0) is 28.6. The van der Waals surface area contributed by atoms with Crippen molar-refractivity contribution >= 4 is 18.0 Å². The molecule has 0 aliphatic carbocycles.